The molecule has 0 aliphatic rings. The number of thiophene rings is 1. The van der Waals surface area contributed by atoms with Crippen LogP contribution in [-0.4, -0.2) is 12.1 Å². The van der Waals surface area contributed by atoms with Gasteiger partial charge in [0.05, 0.1) is 11.1 Å². The highest BCUT2D eigenvalue weighted by Gasteiger charge is 2.03. The van der Waals surface area contributed by atoms with Crippen molar-refractivity contribution in [2.45, 2.75) is 0 Å². The van der Waals surface area contributed by atoms with Gasteiger partial charge >= 0.3 is 0 Å². The summed E-state index contributed by atoms with van der Waals surface area (Å²) in [4.78, 5) is 12.0. The molecule has 17 heavy (non-hydrogen) atoms. The fourth-order valence-electron chi connectivity index (χ4n) is 1.20. The van der Waals surface area contributed by atoms with E-state index in [1.165, 1.54) is 23.6 Å². The first-order chi connectivity index (χ1) is 8.27. The molecule has 2 rings (SSSR count). The molecule has 1 amide bonds. The van der Waals surface area contributed by atoms with Crippen LogP contribution in [0.2, 0.25) is 0 Å². The summed E-state index contributed by atoms with van der Waals surface area (Å²) in [6.07, 6.45) is 1.28. The Labute approximate surface area is 102 Å². The second kappa shape index (κ2) is 5.36. The predicted molar refractivity (Wildman–Crippen MR) is 65.8 cm³/mol. The van der Waals surface area contributed by atoms with E-state index in [-0.39, 0.29) is 11.7 Å². The molecular weight excluding hydrogens is 239 g/mol. The lowest BCUT2D eigenvalue weighted by Crippen LogP contribution is -2.16. The van der Waals surface area contributed by atoms with Gasteiger partial charge in [0.2, 0.25) is 0 Å². The Kier molecular flexibility index (Phi) is 3.62. The lowest BCUT2D eigenvalue weighted by Gasteiger charge is -1.96. The first-order valence-corrected chi connectivity index (χ1v) is 5.77. The number of hydrogen-bond donors (Lipinski definition) is 1. The summed E-state index contributed by atoms with van der Waals surface area (Å²) < 4.78 is 13.2. The first kappa shape index (κ1) is 11.5. The van der Waals surface area contributed by atoms with Gasteiger partial charge in [0.15, 0.2) is 0 Å². The second-order valence-corrected chi connectivity index (χ2v) is 4.15. The van der Waals surface area contributed by atoms with Gasteiger partial charge in [0, 0.05) is 5.56 Å². The van der Waals surface area contributed by atoms with Crippen LogP contribution in [0.1, 0.15) is 15.2 Å². The molecule has 1 N–H and O–H groups in total. The van der Waals surface area contributed by atoms with E-state index < -0.39 is 0 Å². The minimum absolute atomic E-state index is 0.299. The van der Waals surface area contributed by atoms with Crippen molar-refractivity contribution in [3.05, 3.63) is 58.0 Å². The van der Waals surface area contributed by atoms with Gasteiger partial charge in [-0.2, -0.15) is 5.10 Å². The molecule has 3 nitrogen and oxygen atoms in total. The smallest absolute Gasteiger partial charge is 0.266 e. The van der Waals surface area contributed by atoms with E-state index in [4.69, 9.17) is 0 Å². The van der Waals surface area contributed by atoms with Gasteiger partial charge in [-0.25, -0.2) is 9.82 Å². The normalized spacial score (nSPS) is 10.6. The molecule has 0 radical (unpaired) electrons. The van der Waals surface area contributed by atoms with E-state index in [0.717, 1.165) is 0 Å². The standard InChI is InChI=1S/C12H9FN2OS/c13-10-5-2-1-4-9(10)8-14-15-12(16)11-6-3-7-17-11/h1-8H,(H,15,16). The number of hydrogen-bond acceptors (Lipinski definition) is 3. The molecule has 2 aromatic rings. The monoisotopic (exact) mass is 248 g/mol. The van der Waals surface area contributed by atoms with Gasteiger partial charge in [0.25, 0.3) is 5.91 Å². The Balaban J connectivity index is 1.99. The minimum atomic E-state index is -0.373. The van der Waals surface area contributed by atoms with Gasteiger partial charge in [-0.3, -0.25) is 4.79 Å². The second-order valence-electron chi connectivity index (χ2n) is 3.20. The van der Waals surface area contributed by atoms with Crippen molar-refractivity contribution in [2.75, 3.05) is 0 Å². The molecular formula is C12H9FN2OS. The third kappa shape index (κ3) is 2.98. The van der Waals surface area contributed by atoms with E-state index in [0.29, 0.717) is 10.4 Å². The van der Waals surface area contributed by atoms with Crippen molar-refractivity contribution in [2.24, 2.45) is 5.10 Å². The van der Waals surface area contributed by atoms with E-state index in [1.54, 1.807) is 35.7 Å². The molecule has 0 aliphatic heterocycles. The Morgan fingerprint density at radius 3 is 2.82 bits per heavy atom. The Hall–Kier alpha value is -2.01. The molecule has 86 valence electrons. The number of hydrazone groups is 1. The Morgan fingerprint density at radius 1 is 1.29 bits per heavy atom. The molecule has 0 saturated carbocycles. The van der Waals surface area contributed by atoms with Crippen LogP contribution in [0.3, 0.4) is 0 Å². The zero-order valence-electron chi connectivity index (χ0n) is 8.76. The van der Waals surface area contributed by atoms with E-state index in [2.05, 4.69) is 10.5 Å². The lowest BCUT2D eigenvalue weighted by atomic mass is 10.2. The Bertz CT molecular complexity index is 537. The third-order valence-corrected chi connectivity index (χ3v) is 2.89. The van der Waals surface area contributed by atoms with Crippen LogP contribution in [0.4, 0.5) is 4.39 Å². The highest BCUT2D eigenvalue weighted by molar-refractivity contribution is 7.12. The number of benzene rings is 1. The van der Waals surface area contributed by atoms with Gasteiger partial charge in [0.1, 0.15) is 5.82 Å². The van der Waals surface area contributed by atoms with Gasteiger partial charge in [-0.05, 0) is 17.5 Å². The van der Waals surface area contributed by atoms with Crippen LogP contribution in [0.15, 0.2) is 46.9 Å². The summed E-state index contributed by atoms with van der Waals surface area (Å²) in [7, 11) is 0. The summed E-state index contributed by atoms with van der Waals surface area (Å²) in [6.45, 7) is 0. The van der Waals surface area contributed by atoms with Crippen molar-refractivity contribution >= 4 is 23.5 Å². The fraction of sp³-hybridized carbons (Fsp3) is 0. The fourth-order valence-corrected chi connectivity index (χ4v) is 1.82. The number of nitrogens with one attached hydrogen (secondary N) is 1. The quantitative estimate of drug-likeness (QED) is 0.658. The molecule has 1 aromatic carbocycles. The van der Waals surface area contributed by atoms with Crippen LogP contribution in [0, 0.1) is 5.82 Å². The summed E-state index contributed by atoms with van der Waals surface area (Å²) in [5.74, 6) is -0.672. The summed E-state index contributed by atoms with van der Waals surface area (Å²) in [6, 6.07) is 9.68. The first-order valence-electron chi connectivity index (χ1n) is 4.89. The van der Waals surface area contributed by atoms with Crippen LogP contribution in [0.25, 0.3) is 0 Å². The van der Waals surface area contributed by atoms with Crippen molar-refractivity contribution in [1.82, 2.24) is 5.43 Å². The number of carbonyl (C=O) groups excluding carboxylic acids is 1. The zero-order valence-corrected chi connectivity index (χ0v) is 9.58. The maximum Gasteiger partial charge on any atom is 0.281 e. The number of nitrogens with zero attached hydrogens (tertiary/aromatic N) is 1. The van der Waals surface area contributed by atoms with Crippen LogP contribution in [0.5, 0.6) is 0 Å². The lowest BCUT2D eigenvalue weighted by molar-refractivity contribution is 0.0959. The largest absolute Gasteiger partial charge is 0.281 e. The van der Waals surface area contributed by atoms with Crippen molar-refractivity contribution in [3.63, 3.8) is 0 Å². The van der Waals surface area contributed by atoms with Crippen LogP contribution < -0.4 is 5.43 Å². The molecule has 0 spiro atoms. The van der Waals surface area contributed by atoms with Crippen molar-refractivity contribution in [3.8, 4) is 0 Å². The molecule has 0 atom stereocenters. The average molecular weight is 248 g/mol. The highest BCUT2D eigenvalue weighted by atomic mass is 32.1. The number of halogens is 1. The number of rotatable bonds is 3. The van der Waals surface area contributed by atoms with E-state index >= 15 is 0 Å². The van der Waals surface area contributed by atoms with Gasteiger partial charge < -0.3 is 0 Å². The van der Waals surface area contributed by atoms with Crippen molar-refractivity contribution in [1.29, 1.82) is 0 Å². The maximum atomic E-state index is 13.2. The zero-order chi connectivity index (χ0) is 12.1. The molecule has 0 fully saturated rings. The summed E-state index contributed by atoms with van der Waals surface area (Å²) in [5, 5.41) is 5.50. The SMILES string of the molecule is O=C(NN=Cc1ccccc1F)c1cccs1. The molecule has 1 aromatic heterocycles. The minimum Gasteiger partial charge on any atom is -0.266 e. The van der Waals surface area contributed by atoms with Crippen LogP contribution in [-0.2, 0) is 0 Å². The molecule has 0 unspecified atom stereocenters. The molecule has 0 aliphatic carbocycles. The molecule has 1 heterocycles. The third-order valence-electron chi connectivity index (χ3n) is 2.02. The maximum absolute atomic E-state index is 13.2. The summed E-state index contributed by atoms with van der Waals surface area (Å²) in [5.41, 5.74) is 2.67. The molecule has 0 saturated heterocycles. The van der Waals surface area contributed by atoms with Gasteiger partial charge in [-0.15, -0.1) is 11.3 Å². The van der Waals surface area contributed by atoms with Gasteiger partial charge in [-0.1, -0.05) is 24.3 Å². The molecule has 0 bridgehead atoms. The predicted octanol–water partition coefficient (Wildman–Crippen LogP) is 2.65. The number of amides is 1. The number of carbonyl (C=O) groups is 1. The van der Waals surface area contributed by atoms with E-state index in [1.807, 2.05) is 0 Å². The highest BCUT2D eigenvalue weighted by Crippen LogP contribution is 2.07. The van der Waals surface area contributed by atoms with E-state index in [9.17, 15) is 9.18 Å². The van der Waals surface area contributed by atoms with Crippen molar-refractivity contribution < 1.29 is 9.18 Å². The average Bonchev–Trinajstić information content (AvgIpc) is 2.85. The molecule has 5 heteroatoms. The topological polar surface area (TPSA) is 41.5 Å². The summed E-state index contributed by atoms with van der Waals surface area (Å²) >= 11 is 1.32. The van der Waals surface area contributed by atoms with Crippen LogP contribution >= 0.6 is 11.3 Å². The Morgan fingerprint density at radius 2 is 2.12 bits per heavy atom.